The molecule has 6 heteroatoms. The largest absolute Gasteiger partial charge is 0.495 e. The van der Waals surface area contributed by atoms with E-state index in [1.165, 1.54) is 0 Å². The normalized spacial score (nSPS) is 11.2. The molecule has 0 saturated heterocycles. The summed E-state index contributed by atoms with van der Waals surface area (Å²) in [5.41, 5.74) is 5.17. The minimum atomic E-state index is -0.318. The number of fused-ring (bicyclic) bond motifs is 1. The first-order valence-corrected chi connectivity index (χ1v) is 9.23. The van der Waals surface area contributed by atoms with Crippen LogP contribution in [0.2, 0.25) is 0 Å². The van der Waals surface area contributed by atoms with Gasteiger partial charge >= 0.3 is 0 Å². The van der Waals surface area contributed by atoms with E-state index in [2.05, 4.69) is 15.8 Å². The summed E-state index contributed by atoms with van der Waals surface area (Å²) >= 11 is 0. The standard InChI is InChI=1S/C23H23N3O3/c1-15-11-12-21(29-3)20(13-15)24-22(27)14-16(2)25-26-23(28)19-10-6-8-17-7-4-5-9-18(17)19/h4-13H,14H2,1-3H3,(H,24,27)(H,26,28)/b25-16+. The molecule has 3 rings (SSSR count). The van der Waals surface area contributed by atoms with Crippen molar-refractivity contribution in [3.8, 4) is 5.75 Å². The minimum absolute atomic E-state index is 0.0485. The maximum absolute atomic E-state index is 12.5. The lowest BCUT2D eigenvalue weighted by Gasteiger charge is -2.11. The summed E-state index contributed by atoms with van der Waals surface area (Å²) in [6.07, 6.45) is 0.0485. The van der Waals surface area contributed by atoms with E-state index in [0.29, 0.717) is 22.7 Å². The molecule has 2 N–H and O–H groups in total. The van der Waals surface area contributed by atoms with E-state index in [0.717, 1.165) is 16.3 Å². The molecule has 0 fully saturated rings. The zero-order valence-electron chi connectivity index (χ0n) is 16.7. The molecule has 0 radical (unpaired) electrons. The van der Waals surface area contributed by atoms with E-state index in [1.807, 2.05) is 55.5 Å². The van der Waals surface area contributed by atoms with Crippen molar-refractivity contribution in [2.75, 3.05) is 12.4 Å². The van der Waals surface area contributed by atoms with Gasteiger partial charge in [-0.3, -0.25) is 9.59 Å². The molecular formula is C23H23N3O3. The van der Waals surface area contributed by atoms with E-state index >= 15 is 0 Å². The number of anilines is 1. The lowest BCUT2D eigenvalue weighted by molar-refractivity contribution is -0.115. The van der Waals surface area contributed by atoms with Crippen LogP contribution in [-0.2, 0) is 4.79 Å². The second-order valence-electron chi connectivity index (χ2n) is 6.74. The predicted molar refractivity (Wildman–Crippen MR) is 116 cm³/mol. The van der Waals surface area contributed by atoms with Gasteiger partial charge in [0.15, 0.2) is 0 Å². The molecular weight excluding hydrogens is 366 g/mol. The van der Waals surface area contributed by atoms with Crippen LogP contribution >= 0.6 is 0 Å². The fourth-order valence-electron chi connectivity index (χ4n) is 3.02. The maximum atomic E-state index is 12.5. The lowest BCUT2D eigenvalue weighted by atomic mass is 10.0. The molecule has 2 amide bonds. The third-order valence-electron chi connectivity index (χ3n) is 4.43. The topological polar surface area (TPSA) is 79.8 Å². The monoisotopic (exact) mass is 389 g/mol. The van der Waals surface area contributed by atoms with Crippen LogP contribution < -0.4 is 15.5 Å². The molecule has 0 spiro atoms. The second-order valence-corrected chi connectivity index (χ2v) is 6.74. The summed E-state index contributed by atoms with van der Waals surface area (Å²) in [6, 6.07) is 18.7. The van der Waals surface area contributed by atoms with Gasteiger partial charge in [-0.25, -0.2) is 5.43 Å². The van der Waals surface area contributed by atoms with Crippen LogP contribution in [0.15, 0.2) is 65.8 Å². The minimum Gasteiger partial charge on any atom is -0.495 e. The van der Waals surface area contributed by atoms with Crippen LogP contribution in [0.25, 0.3) is 10.8 Å². The average Bonchev–Trinajstić information content (AvgIpc) is 2.71. The highest BCUT2D eigenvalue weighted by Gasteiger charge is 2.11. The molecule has 0 aliphatic carbocycles. The molecule has 0 heterocycles. The highest BCUT2D eigenvalue weighted by molar-refractivity contribution is 6.09. The van der Waals surface area contributed by atoms with Crippen molar-refractivity contribution >= 4 is 34.0 Å². The van der Waals surface area contributed by atoms with Gasteiger partial charge in [0.25, 0.3) is 5.91 Å². The van der Waals surface area contributed by atoms with Gasteiger partial charge < -0.3 is 10.1 Å². The van der Waals surface area contributed by atoms with E-state index in [9.17, 15) is 9.59 Å². The third kappa shape index (κ3) is 4.99. The molecule has 6 nitrogen and oxygen atoms in total. The number of methoxy groups -OCH3 is 1. The highest BCUT2D eigenvalue weighted by Crippen LogP contribution is 2.25. The zero-order valence-corrected chi connectivity index (χ0v) is 16.7. The van der Waals surface area contributed by atoms with Crippen molar-refractivity contribution < 1.29 is 14.3 Å². The molecule has 0 saturated carbocycles. The first-order chi connectivity index (χ1) is 14.0. The molecule has 0 aromatic heterocycles. The molecule has 0 aliphatic heterocycles. The summed E-state index contributed by atoms with van der Waals surface area (Å²) < 4.78 is 5.27. The molecule has 0 atom stereocenters. The van der Waals surface area contributed by atoms with Gasteiger partial charge in [-0.15, -0.1) is 0 Å². The number of hydrogen-bond acceptors (Lipinski definition) is 4. The van der Waals surface area contributed by atoms with E-state index in [-0.39, 0.29) is 18.2 Å². The van der Waals surface area contributed by atoms with Crippen molar-refractivity contribution in [3.63, 3.8) is 0 Å². The highest BCUT2D eigenvalue weighted by atomic mass is 16.5. The maximum Gasteiger partial charge on any atom is 0.271 e. The zero-order chi connectivity index (χ0) is 20.8. The van der Waals surface area contributed by atoms with Crippen LogP contribution in [0.5, 0.6) is 5.75 Å². The van der Waals surface area contributed by atoms with Crippen LogP contribution in [0.1, 0.15) is 29.3 Å². The Labute approximate surface area is 169 Å². The van der Waals surface area contributed by atoms with Crippen LogP contribution in [0.4, 0.5) is 5.69 Å². The van der Waals surface area contributed by atoms with Crippen LogP contribution in [0.3, 0.4) is 0 Å². The number of hydrazone groups is 1. The Morgan fingerprint density at radius 2 is 1.79 bits per heavy atom. The average molecular weight is 389 g/mol. The Kier molecular flexibility index (Phi) is 6.24. The number of nitrogens with one attached hydrogen (secondary N) is 2. The SMILES string of the molecule is COc1ccc(C)cc1NC(=O)C/C(C)=N/NC(=O)c1cccc2ccccc12. The number of nitrogens with zero attached hydrogens (tertiary/aromatic N) is 1. The smallest absolute Gasteiger partial charge is 0.271 e. The number of ether oxygens (including phenoxy) is 1. The van der Waals surface area contributed by atoms with Crippen LogP contribution in [-0.4, -0.2) is 24.6 Å². The van der Waals surface area contributed by atoms with Gasteiger partial charge in [0, 0.05) is 11.3 Å². The third-order valence-corrected chi connectivity index (χ3v) is 4.43. The molecule has 148 valence electrons. The van der Waals surface area contributed by atoms with Crippen molar-refractivity contribution in [2.45, 2.75) is 20.3 Å². The summed E-state index contributed by atoms with van der Waals surface area (Å²) in [5.74, 6) is 0.0271. The molecule has 29 heavy (non-hydrogen) atoms. The van der Waals surface area contributed by atoms with Crippen LogP contribution in [0, 0.1) is 6.92 Å². The van der Waals surface area contributed by atoms with Gasteiger partial charge in [0.1, 0.15) is 5.75 Å². The van der Waals surface area contributed by atoms with Gasteiger partial charge in [0.05, 0.1) is 19.2 Å². The van der Waals surface area contributed by atoms with E-state index in [1.54, 1.807) is 26.2 Å². The van der Waals surface area contributed by atoms with Crippen molar-refractivity contribution in [3.05, 3.63) is 71.8 Å². The number of carbonyl (C=O) groups is 2. The van der Waals surface area contributed by atoms with Crippen molar-refractivity contribution in [2.24, 2.45) is 5.10 Å². The molecule has 0 unspecified atom stereocenters. The quantitative estimate of drug-likeness (QED) is 0.487. The van der Waals surface area contributed by atoms with E-state index < -0.39 is 0 Å². The number of benzene rings is 3. The van der Waals surface area contributed by atoms with Crippen molar-refractivity contribution in [1.29, 1.82) is 0 Å². The number of hydrogen-bond donors (Lipinski definition) is 2. The molecule has 3 aromatic rings. The van der Waals surface area contributed by atoms with Crippen molar-refractivity contribution in [1.82, 2.24) is 5.43 Å². The summed E-state index contributed by atoms with van der Waals surface area (Å²) in [6.45, 7) is 3.63. The Balaban J connectivity index is 1.65. The molecule has 0 aliphatic rings. The number of amides is 2. The fraction of sp³-hybridized carbons (Fsp3) is 0.174. The number of rotatable bonds is 6. The number of carbonyl (C=O) groups excluding carboxylic acids is 2. The Morgan fingerprint density at radius 3 is 2.59 bits per heavy atom. The summed E-state index contributed by atoms with van der Waals surface area (Å²) in [4.78, 5) is 24.9. The molecule has 0 bridgehead atoms. The Morgan fingerprint density at radius 1 is 1.03 bits per heavy atom. The van der Waals surface area contributed by atoms with Gasteiger partial charge in [-0.2, -0.15) is 5.10 Å². The van der Waals surface area contributed by atoms with E-state index in [4.69, 9.17) is 4.74 Å². The van der Waals surface area contributed by atoms with Gasteiger partial charge in [-0.1, -0.05) is 42.5 Å². The summed E-state index contributed by atoms with van der Waals surface area (Å²) in [7, 11) is 1.55. The first-order valence-electron chi connectivity index (χ1n) is 9.23. The predicted octanol–water partition coefficient (Wildman–Crippen LogP) is 4.29. The molecule has 3 aromatic carbocycles. The Bertz CT molecular complexity index is 1080. The fourth-order valence-corrected chi connectivity index (χ4v) is 3.02. The summed E-state index contributed by atoms with van der Waals surface area (Å²) in [5, 5.41) is 8.72. The Hall–Kier alpha value is -3.67. The number of aryl methyl sites for hydroxylation is 1. The second kappa shape index (κ2) is 9.01. The first kappa shape index (κ1) is 20.1. The lowest BCUT2D eigenvalue weighted by Crippen LogP contribution is -2.21. The van der Waals surface area contributed by atoms with Gasteiger partial charge in [0.2, 0.25) is 5.91 Å². The van der Waals surface area contributed by atoms with Gasteiger partial charge in [-0.05, 0) is 48.4 Å².